The number of piperidine rings is 1. The highest BCUT2D eigenvalue weighted by molar-refractivity contribution is 5.76. The second-order valence-corrected chi connectivity index (χ2v) is 6.90. The Hall–Kier alpha value is -0.650. The maximum Gasteiger partial charge on any atom is 0.220 e. The SMILES string of the molecule is COCCN1CCCC1CNC(=O)CC(C)C1CCNCC1. The van der Waals surface area contributed by atoms with E-state index in [1.54, 1.807) is 7.11 Å². The molecule has 2 rings (SSSR count). The van der Waals surface area contributed by atoms with Crippen LogP contribution in [0.1, 0.15) is 39.0 Å². The largest absolute Gasteiger partial charge is 0.383 e. The van der Waals surface area contributed by atoms with Crippen LogP contribution in [0.4, 0.5) is 0 Å². The third kappa shape index (κ3) is 5.52. The first-order valence-corrected chi connectivity index (χ1v) is 8.91. The fraction of sp³-hybridized carbons (Fsp3) is 0.941. The Morgan fingerprint density at radius 2 is 2.14 bits per heavy atom. The Morgan fingerprint density at radius 3 is 2.86 bits per heavy atom. The minimum atomic E-state index is 0.227. The molecule has 2 aliphatic rings. The molecule has 2 fully saturated rings. The van der Waals surface area contributed by atoms with E-state index in [9.17, 15) is 4.79 Å². The number of amides is 1. The lowest BCUT2D eigenvalue weighted by Crippen LogP contribution is -2.42. The van der Waals surface area contributed by atoms with Gasteiger partial charge in [-0.3, -0.25) is 9.69 Å². The average Bonchev–Trinajstić information content (AvgIpc) is 2.99. The molecule has 5 nitrogen and oxygen atoms in total. The summed E-state index contributed by atoms with van der Waals surface area (Å²) < 4.78 is 5.16. The number of likely N-dealkylation sites (tertiary alicyclic amines) is 1. The predicted molar refractivity (Wildman–Crippen MR) is 88.9 cm³/mol. The van der Waals surface area contributed by atoms with Crippen LogP contribution in [0.3, 0.4) is 0 Å². The van der Waals surface area contributed by atoms with Crippen molar-refractivity contribution in [3.05, 3.63) is 0 Å². The summed E-state index contributed by atoms with van der Waals surface area (Å²) in [6.07, 6.45) is 5.52. The third-order valence-corrected chi connectivity index (χ3v) is 5.31. The van der Waals surface area contributed by atoms with Crippen LogP contribution >= 0.6 is 0 Å². The molecule has 0 radical (unpaired) electrons. The molecule has 2 N–H and O–H groups in total. The van der Waals surface area contributed by atoms with Crippen molar-refractivity contribution in [2.24, 2.45) is 11.8 Å². The number of carbonyl (C=O) groups excluding carboxylic acids is 1. The van der Waals surface area contributed by atoms with Crippen LogP contribution in [-0.2, 0) is 9.53 Å². The molecule has 2 aliphatic heterocycles. The summed E-state index contributed by atoms with van der Waals surface area (Å²) in [5, 5.41) is 6.55. The fourth-order valence-electron chi connectivity index (χ4n) is 3.81. The maximum atomic E-state index is 12.2. The first-order chi connectivity index (χ1) is 10.7. The molecule has 0 aliphatic carbocycles. The second kappa shape index (κ2) is 9.48. The molecule has 128 valence electrons. The number of carbonyl (C=O) groups is 1. The highest BCUT2D eigenvalue weighted by Crippen LogP contribution is 2.24. The van der Waals surface area contributed by atoms with Gasteiger partial charge in [-0.2, -0.15) is 0 Å². The quantitative estimate of drug-likeness (QED) is 0.708. The predicted octanol–water partition coefficient (Wildman–Crippen LogP) is 1.24. The molecule has 0 aromatic carbocycles. The van der Waals surface area contributed by atoms with Gasteiger partial charge in [0.05, 0.1) is 6.61 Å². The minimum absolute atomic E-state index is 0.227. The summed E-state index contributed by atoms with van der Waals surface area (Å²) >= 11 is 0. The van der Waals surface area contributed by atoms with Gasteiger partial charge in [-0.05, 0) is 57.2 Å². The molecule has 2 saturated heterocycles. The van der Waals surface area contributed by atoms with Crippen molar-refractivity contribution >= 4 is 5.91 Å². The zero-order valence-electron chi connectivity index (χ0n) is 14.3. The van der Waals surface area contributed by atoms with E-state index in [1.807, 2.05) is 0 Å². The van der Waals surface area contributed by atoms with Gasteiger partial charge in [-0.1, -0.05) is 6.92 Å². The molecule has 0 bridgehead atoms. The molecular formula is C17H33N3O2. The second-order valence-electron chi connectivity index (χ2n) is 6.90. The Morgan fingerprint density at radius 1 is 1.36 bits per heavy atom. The molecule has 2 atom stereocenters. The summed E-state index contributed by atoms with van der Waals surface area (Å²) in [6.45, 7) is 8.12. The Balaban J connectivity index is 1.66. The monoisotopic (exact) mass is 311 g/mol. The van der Waals surface area contributed by atoms with E-state index in [4.69, 9.17) is 4.74 Å². The zero-order valence-corrected chi connectivity index (χ0v) is 14.3. The van der Waals surface area contributed by atoms with Gasteiger partial charge >= 0.3 is 0 Å². The van der Waals surface area contributed by atoms with Crippen LogP contribution in [0.2, 0.25) is 0 Å². The molecule has 0 aromatic rings. The first-order valence-electron chi connectivity index (χ1n) is 8.91. The van der Waals surface area contributed by atoms with Gasteiger partial charge < -0.3 is 15.4 Å². The molecule has 22 heavy (non-hydrogen) atoms. The molecule has 2 heterocycles. The standard InChI is InChI=1S/C17H33N3O2/c1-14(15-5-7-18-8-6-15)12-17(21)19-13-16-4-3-9-20(16)10-11-22-2/h14-16,18H,3-13H2,1-2H3,(H,19,21). The van der Waals surface area contributed by atoms with Crippen molar-refractivity contribution in [2.45, 2.75) is 45.1 Å². The van der Waals surface area contributed by atoms with Crippen LogP contribution in [0.25, 0.3) is 0 Å². The number of nitrogens with zero attached hydrogens (tertiary/aromatic N) is 1. The van der Waals surface area contributed by atoms with Crippen molar-refractivity contribution < 1.29 is 9.53 Å². The zero-order chi connectivity index (χ0) is 15.8. The van der Waals surface area contributed by atoms with Crippen molar-refractivity contribution in [3.8, 4) is 0 Å². The van der Waals surface area contributed by atoms with Gasteiger partial charge in [0.25, 0.3) is 0 Å². The Kier molecular flexibility index (Phi) is 7.63. The number of nitrogens with one attached hydrogen (secondary N) is 2. The van der Waals surface area contributed by atoms with Crippen LogP contribution in [-0.4, -0.2) is 63.3 Å². The van der Waals surface area contributed by atoms with Crippen LogP contribution in [0.5, 0.6) is 0 Å². The summed E-state index contributed by atoms with van der Waals surface area (Å²) in [5.74, 6) is 1.43. The highest BCUT2D eigenvalue weighted by Gasteiger charge is 2.25. The van der Waals surface area contributed by atoms with E-state index in [1.165, 1.54) is 25.7 Å². The van der Waals surface area contributed by atoms with E-state index >= 15 is 0 Å². The lowest BCUT2D eigenvalue weighted by atomic mass is 9.84. The van der Waals surface area contributed by atoms with Crippen molar-refractivity contribution in [2.75, 3.05) is 46.4 Å². The average molecular weight is 311 g/mol. The van der Waals surface area contributed by atoms with E-state index < -0.39 is 0 Å². The molecule has 1 amide bonds. The van der Waals surface area contributed by atoms with Crippen molar-refractivity contribution in [1.82, 2.24) is 15.5 Å². The number of hydrogen-bond donors (Lipinski definition) is 2. The van der Waals surface area contributed by atoms with Crippen LogP contribution in [0.15, 0.2) is 0 Å². The first kappa shape index (κ1) is 17.7. The summed E-state index contributed by atoms with van der Waals surface area (Å²) in [5.41, 5.74) is 0. The number of rotatable bonds is 8. The smallest absolute Gasteiger partial charge is 0.220 e. The molecule has 0 saturated carbocycles. The molecular weight excluding hydrogens is 278 g/mol. The fourth-order valence-corrected chi connectivity index (χ4v) is 3.81. The van der Waals surface area contributed by atoms with E-state index in [0.29, 0.717) is 24.3 Å². The molecule has 0 spiro atoms. The number of ether oxygens (including phenoxy) is 1. The molecule has 2 unspecified atom stereocenters. The third-order valence-electron chi connectivity index (χ3n) is 5.31. The number of hydrogen-bond acceptors (Lipinski definition) is 4. The number of methoxy groups -OCH3 is 1. The van der Waals surface area contributed by atoms with Crippen LogP contribution in [0, 0.1) is 11.8 Å². The summed E-state index contributed by atoms with van der Waals surface area (Å²) in [4.78, 5) is 14.6. The lowest BCUT2D eigenvalue weighted by molar-refractivity contribution is -0.122. The molecule has 0 aromatic heterocycles. The Bertz CT molecular complexity index is 332. The van der Waals surface area contributed by atoms with E-state index in [0.717, 1.165) is 39.3 Å². The van der Waals surface area contributed by atoms with Gasteiger partial charge in [0.15, 0.2) is 0 Å². The van der Waals surface area contributed by atoms with Gasteiger partial charge in [0.2, 0.25) is 5.91 Å². The van der Waals surface area contributed by atoms with Gasteiger partial charge in [-0.15, -0.1) is 0 Å². The normalized spacial score (nSPS) is 25.3. The van der Waals surface area contributed by atoms with Gasteiger partial charge in [-0.25, -0.2) is 0 Å². The van der Waals surface area contributed by atoms with Gasteiger partial charge in [0, 0.05) is 32.7 Å². The summed E-state index contributed by atoms with van der Waals surface area (Å²) in [7, 11) is 1.75. The summed E-state index contributed by atoms with van der Waals surface area (Å²) in [6, 6.07) is 0.494. The van der Waals surface area contributed by atoms with Crippen LogP contribution < -0.4 is 10.6 Å². The van der Waals surface area contributed by atoms with Crippen molar-refractivity contribution in [1.29, 1.82) is 0 Å². The van der Waals surface area contributed by atoms with Gasteiger partial charge in [0.1, 0.15) is 0 Å². The topological polar surface area (TPSA) is 53.6 Å². The highest BCUT2D eigenvalue weighted by atomic mass is 16.5. The minimum Gasteiger partial charge on any atom is -0.383 e. The maximum absolute atomic E-state index is 12.2. The van der Waals surface area contributed by atoms with E-state index in [-0.39, 0.29) is 5.91 Å². The van der Waals surface area contributed by atoms with E-state index in [2.05, 4.69) is 22.5 Å². The van der Waals surface area contributed by atoms with Crippen molar-refractivity contribution in [3.63, 3.8) is 0 Å². The molecule has 5 heteroatoms. The Labute approximate surface area is 135 Å². The lowest BCUT2D eigenvalue weighted by Gasteiger charge is -2.28.